The average molecular weight is 124 g/mol. The largest absolute Gasteiger partial charge is 1.00 e. The van der Waals surface area contributed by atoms with Crippen molar-refractivity contribution in [2.75, 3.05) is 0 Å². The second-order valence-electron chi connectivity index (χ2n) is 1.36. The molecule has 0 fully saturated rings. The summed E-state index contributed by atoms with van der Waals surface area (Å²) in [7, 11) is 0. The number of hydrogen-bond donors (Lipinski definition) is 0. The summed E-state index contributed by atoms with van der Waals surface area (Å²) < 4.78 is 0. The summed E-state index contributed by atoms with van der Waals surface area (Å²) in [6.45, 7) is 0.991. The van der Waals surface area contributed by atoms with Crippen LogP contribution in [0.25, 0.3) is 0 Å². The van der Waals surface area contributed by atoms with Gasteiger partial charge in [0.1, 0.15) is 0 Å². The van der Waals surface area contributed by atoms with E-state index in [0.717, 1.165) is 6.92 Å². The van der Waals surface area contributed by atoms with Crippen molar-refractivity contribution in [1.29, 1.82) is 0 Å². The molecule has 0 rings (SSSR count). The first kappa shape index (κ1) is 11.3. The molecule has 0 spiro atoms. The fraction of sp³-hybridized carbons (Fsp3) is 0.500. The third-order valence-electron chi connectivity index (χ3n) is 0.707. The SMILES string of the molecule is CC(C(=O)[O-])C(=O)[O-].[H+].[Li+]. The van der Waals surface area contributed by atoms with Gasteiger partial charge in [-0.25, -0.2) is 0 Å². The van der Waals surface area contributed by atoms with Crippen molar-refractivity contribution in [1.82, 2.24) is 0 Å². The predicted molar refractivity (Wildman–Crippen MR) is 20.3 cm³/mol. The molecule has 0 heterocycles. The van der Waals surface area contributed by atoms with Gasteiger partial charge in [-0.1, -0.05) is 6.92 Å². The van der Waals surface area contributed by atoms with E-state index in [9.17, 15) is 19.8 Å². The first-order valence-electron chi connectivity index (χ1n) is 1.97. The molecule has 0 aliphatic carbocycles. The van der Waals surface area contributed by atoms with Crippen LogP contribution in [-0.4, -0.2) is 11.9 Å². The zero-order chi connectivity index (χ0) is 6.73. The van der Waals surface area contributed by atoms with Crippen LogP contribution in [0.5, 0.6) is 0 Å². The molecule has 0 radical (unpaired) electrons. The molecule has 0 aromatic carbocycles. The third kappa shape index (κ3) is 4.07. The Morgan fingerprint density at radius 2 is 1.56 bits per heavy atom. The summed E-state index contributed by atoms with van der Waals surface area (Å²) >= 11 is 0. The standard InChI is InChI=1S/C4H6O4.Li/c1-2(3(5)6)4(7)8;/h2H,1H3,(H,5,6)(H,7,8);/q;+1/p-1. The average Bonchev–Trinajstić information content (AvgIpc) is 1.64. The van der Waals surface area contributed by atoms with Crippen LogP contribution in [0, 0.1) is 5.92 Å². The van der Waals surface area contributed by atoms with Crippen LogP contribution >= 0.6 is 0 Å². The molecule has 4 nitrogen and oxygen atoms in total. The van der Waals surface area contributed by atoms with Crippen molar-refractivity contribution in [3.05, 3.63) is 0 Å². The Bertz CT molecular complexity index is 112. The zero-order valence-electron chi connectivity index (χ0n) is 6.21. The van der Waals surface area contributed by atoms with Gasteiger partial charge < -0.3 is 19.8 Å². The Kier molecular flexibility index (Phi) is 5.57. The summed E-state index contributed by atoms with van der Waals surface area (Å²) in [4.78, 5) is 19.2. The minimum absolute atomic E-state index is 0. The van der Waals surface area contributed by atoms with Gasteiger partial charge in [-0.05, 0) is 0 Å². The molecule has 0 bridgehead atoms. The van der Waals surface area contributed by atoms with E-state index in [1.54, 1.807) is 0 Å². The minimum Gasteiger partial charge on any atom is -0.549 e. The summed E-state index contributed by atoms with van der Waals surface area (Å²) in [6.07, 6.45) is 0. The number of carbonyl (C=O) groups is 2. The van der Waals surface area contributed by atoms with Crippen molar-refractivity contribution < 1.29 is 40.1 Å². The fourth-order valence-corrected chi connectivity index (χ4v) is 0.0962. The second kappa shape index (κ2) is 4.42. The summed E-state index contributed by atoms with van der Waals surface area (Å²) in [5.41, 5.74) is 0. The molecule has 0 N–H and O–H groups in total. The summed E-state index contributed by atoms with van der Waals surface area (Å²) in [5, 5.41) is 19.2. The Morgan fingerprint density at radius 3 is 1.56 bits per heavy atom. The van der Waals surface area contributed by atoms with E-state index in [-0.39, 0.29) is 20.3 Å². The van der Waals surface area contributed by atoms with Crippen molar-refractivity contribution in [2.45, 2.75) is 6.92 Å². The van der Waals surface area contributed by atoms with Gasteiger partial charge in [0.25, 0.3) is 0 Å². The van der Waals surface area contributed by atoms with Crippen molar-refractivity contribution in [2.24, 2.45) is 5.92 Å². The van der Waals surface area contributed by atoms with E-state index in [1.807, 2.05) is 0 Å². The van der Waals surface area contributed by atoms with Crippen LogP contribution in [0.2, 0.25) is 0 Å². The predicted octanol–water partition coefficient (Wildman–Crippen LogP) is -5.76. The van der Waals surface area contributed by atoms with Gasteiger partial charge in [-0.2, -0.15) is 0 Å². The molecule has 0 aromatic heterocycles. The van der Waals surface area contributed by atoms with Gasteiger partial charge in [-0.3, -0.25) is 0 Å². The van der Waals surface area contributed by atoms with Crippen LogP contribution in [-0.2, 0) is 9.59 Å². The van der Waals surface area contributed by atoms with Gasteiger partial charge >= 0.3 is 20.3 Å². The molecule has 5 heteroatoms. The van der Waals surface area contributed by atoms with Crippen LogP contribution in [0.1, 0.15) is 8.35 Å². The number of hydrogen-bond acceptors (Lipinski definition) is 4. The van der Waals surface area contributed by atoms with Crippen LogP contribution < -0.4 is 29.1 Å². The zero-order valence-corrected chi connectivity index (χ0v) is 5.21. The van der Waals surface area contributed by atoms with Crippen LogP contribution in [0.4, 0.5) is 0 Å². The molecule has 0 aromatic rings. The van der Waals surface area contributed by atoms with E-state index in [2.05, 4.69) is 0 Å². The van der Waals surface area contributed by atoms with E-state index < -0.39 is 17.9 Å². The molecule has 0 amide bonds. The maximum Gasteiger partial charge on any atom is 1.00 e. The topological polar surface area (TPSA) is 80.3 Å². The minimum atomic E-state index is -1.62. The Balaban J connectivity index is -0.000000245. The Morgan fingerprint density at radius 1 is 1.33 bits per heavy atom. The quantitative estimate of drug-likeness (QED) is 0.271. The Labute approximate surface area is 65.5 Å². The van der Waals surface area contributed by atoms with Gasteiger partial charge in [0.15, 0.2) is 0 Å². The fourth-order valence-electron chi connectivity index (χ4n) is 0.0962. The van der Waals surface area contributed by atoms with Gasteiger partial charge in [0.05, 0.1) is 0 Å². The van der Waals surface area contributed by atoms with Crippen LogP contribution in [0.15, 0.2) is 0 Å². The van der Waals surface area contributed by atoms with Gasteiger partial charge in [0, 0.05) is 17.9 Å². The monoisotopic (exact) mass is 124 g/mol. The smallest absolute Gasteiger partial charge is 0.549 e. The van der Waals surface area contributed by atoms with E-state index >= 15 is 0 Å². The van der Waals surface area contributed by atoms with E-state index in [1.165, 1.54) is 0 Å². The maximum atomic E-state index is 9.61. The van der Waals surface area contributed by atoms with Crippen molar-refractivity contribution in [3.8, 4) is 0 Å². The first-order chi connectivity index (χ1) is 3.55. The molecular weight excluding hydrogens is 119 g/mol. The summed E-state index contributed by atoms with van der Waals surface area (Å²) in [6, 6.07) is 0. The molecule has 0 atom stereocenters. The molecule has 0 unspecified atom stereocenters. The second-order valence-corrected chi connectivity index (χ2v) is 1.36. The molecule has 9 heavy (non-hydrogen) atoms. The first-order valence-corrected chi connectivity index (χ1v) is 1.97. The molecule has 46 valence electrons. The normalized spacial score (nSPS) is 8.22. The van der Waals surface area contributed by atoms with Crippen molar-refractivity contribution >= 4 is 11.9 Å². The number of rotatable bonds is 2. The number of carbonyl (C=O) groups excluding carboxylic acids is 2. The number of carboxylic acids is 2. The van der Waals surface area contributed by atoms with Crippen LogP contribution in [0.3, 0.4) is 0 Å². The molecular formula is C4H5LiO4. The molecule has 0 aliphatic heterocycles. The maximum absolute atomic E-state index is 9.61. The van der Waals surface area contributed by atoms with Gasteiger partial charge in [-0.15, -0.1) is 0 Å². The van der Waals surface area contributed by atoms with Crippen molar-refractivity contribution in [3.63, 3.8) is 0 Å². The van der Waals surface area contributed by atoms with E-state index in [0.29, 0.717) is 0 Å². The Hall–Kier alpha value is -0.463. The molecule has 0 saturated carbocycles. The van der Waals surface area contributed by atoms with E-state index in [4.69, 9.17) is 0 Å². The molecule has 0 saturated heterocycles. The van der Waals surface area contributed by atoms with Gasteiger partial charge in [0.2, 0.25) is 0 Å². The number of aliphatic carboxylic acids is 2. The third-order valence-corrected chi connectivity index (χ3v) is 0.707. The summed E-state index contributed by atoms with van der Waals surface area (Å²) in [5.74, 6) is -4.76. The number of carboxylic acid groups (broad SMARTS) is 2. The molecule has 0 aliphatic rings.